The third-order valence-electron chi connectivity index (χ3n) is 4.11. The zero-order valence-corrected chi connectivity index (χ0v) is 17.1. The van der Waals surface area contributed by atoms with Gasteiger partial charge in [-0.3, -0.25) is 4.79 Å². The van der Waals surface area contributed by atoms with Crippen molar-refractivity contribution in [3.8, 4) is 11.5 Å². The van der Waals surface area contributed by atoms with Crippen LogP contribution in [0.4, 0.5) is 10.5 Å². The maximum absolute atomic E-state index is 12.3. The molecule has 0 unspecified atom stereocenters. The molecule has 3 aromatic carbocycles. The van der Waals surface area contributed by atoms with Gasteiger partial charge in [-0.15, -0.1) is 0 Å². The molecule has 0 saturated carbocycles. The van der Waals surface area contributed by atoms with Crippen LogP contribution in [0.3, 0.4) is 0 Å². The molecule has 0 atom stereocenters. The number of nitrogens with zero attached hydrogens (tertiary/aromatic N) is 1. The molecule has 0 saturated heterocycles. The fourth-order valence-electron chi connectivity index (χ4n) is 2.69. The summed E-state index contributed by atoms with van der Waals surface area (Å²) >= 11 is 0. The van der Waals surface area contributed by atoms with Crippen molar-refractivity contribution in [2.24, 2.45) is 5.10 Å². The predicted molar refractivity (Wildman–Crippen MR) is 119 cm³/mol. The second-order valence-corrected chi connectivity index (χ2v) is 6.41. The Labute approximate surface area is 180 Å². The number of urea groups is 1. The summed E-state index contributed by atoms with van der Waals surface area (Å²) in [5.74, 6) is 0.961. The minimum absolute atomic E-state index is 0.0519. The highest BCUT2D eigenvalue weighted by Gasteiger charge is 2.12. The van der Waals surface area contributed by atoms with Crippen LogP contribution in [-0.4, -0.2) is 24.3 Å². The lowest BCUT2D eigenvalue weighted by Crippen LogP contribution is -2.26. The van der Waals surface area contributed by atoms with Gasteiger partial charge in [-0.05, 0) is 48.9 Å². The van der Waals surface area contributed by atoms with Crippen LogP contribution in [0.2, 0.25) is 0 Å². The van der Waals surface area contributed by atoms with Crippen molar-refractivity contribution < 1.29 is 19.1 Å². The lowest BCUT2D eigenvalue weighted by atomic mass is 10.1. The van der Waals surface area contributed by atoms with Gasteiger partial charge in [-0.2, -0.15) is 5.10 Å². The monoisotopic (exact) mass is 417 g/mol. The Balaban J connectivity index is 1.61. The zero-order chi connectivity index (χ0) is 21.9. The maximum Gasteiger partial charge on any atom is 0.339 e. The molecule has 3 rings (SSSR count). The number of esters is 1. The SMILES string of the molecule is CCOC(=O)C/C(=N/NC(=O)Nc1ccc(Oc2ccccc2)cc1)c1ccccc1. The number of para-hydroxylation sites is 1. The molecule has 0 heterocycles. The smallest absolute Gasteiger partial charge is 0.339 e. The molecule has 0 aliphatic heterocycles. The van der Waals surface area contributed by atoms with Gasteiger partial charge in [0.2, 0.25) is 0 Å². The second-order valence-electron chi connectivity index (χ2n) is 6.41. The van der Waals surface area contributed by atoms with Gasteiger partial charge in [0.15, 0.2) is 0 Å². The van der Waals surface area contributed by atoms with Crippen LogP contribution in [0.15, 0.2) is 90.0 Å². The van der Waals surface area contributed by atoms with Gasteiger partial charge in [-0.1, -0.05) is 48.5 Å². The van der Waals surface area contributed by atoms with Crippen molar-refractivity contribution in [1.29, 1.82) is 0 Å². The molecule has 2 amide bonds. The molecule has 2 N–H and O–H groups in total. The van der Waals surface area contributed by atoms with Gasteiger partial charge in [0, 0.05) is 5.69 Å². The molecule has 0 aromatic heterocycles. The van der Waals surface area contributed by atoms with E-state index >= 15 is 0 Å². The molecule has 0 spiro atoms. The highest BCUT2D eigenvalue weighted by Crippen LogP contribution is 2.22. The van der Waals surface area contributed by atoms with Gasteiger partial charge in [0.05, 0.1) is 18.7 Å². The normalized spacial score (nSPS) is 10.8. The summed E-state index contributed by atoms with van der Waals surface area (Å²) < 4.78 is 10.7. The molecule has 158 valence electrons. The first kappa shape index (κ1) is 21.6. The van der Waals surface area contributed by atoms with E-state index in [1.165, 1.54) is 0 Å². The first-order valence-electron chi connectivity index (χ1n) is 9.81. The Morgan fingerprint density at radius 2 is 1.45 bits per heavy atom. The van der Waals surface area contributed by atoms with E-state index in [0.717, 1.165) is 11.3 Å². The topological polar surface area (TPSA) is 89.0 Å². The first-order chi connectivity index (χ1) is 15.1. The highest BCUT2D eigenvalue weighted by molar-refractivity contribution is 6.09. The van der Waals surface area contributed by atoms with E-state index in [4.69, 9.17) is 9.47 Å². The number of rotatable bonds is 8. The highest BCUT2D eigenvalue weighted by atomic mass is 16.5. The van der Waals surface area contributed by atoms with Crippen LogP contribution in [0.5, 0.6) is 11.5 Å². The van der Waals surface area contributed by atoms with E-state index < -0.39 is 12.0 Å². The van der Waals surface area contributed by atoms with Crippen LogP contribution >= 0.6 is 0 Å². The fraction of sp³-hybridized carbons (Fsp3) is 0.125. The molecule has 0 bridgehead atoms. The van der Waals surface area contributed by atoms with Gasteiger partial charge in [0.25, 0.3) is 0 Å². The number of carbonyl (C=O) groups is 2. The average molecular weight is 417 g/mol. The van der Waals surface area contributed by atoms with E-state index in [1.807, 2.05) is 60.7 Å². The number of ether oxygens (including phenoxy) is 2. The van der Waals surface area contributed by atoms with Crippen molar-refractivity contribution in [3.05, 3.63) is 90.5 Å². The summed E-state index contributed by atoms with van der Waals surface area (Å²) in [6.07, 6.45) is -0.0519. The Morgan fingerprint density at radius 1 is 0.839 bits per heavy atom. The molecule has 0 aliphatic carbocycles. The third kappa shape index (κ3) is 7.01. The summed E-state index contributed by atoms with van der Waals surface area (Å²) in [7, 11) is 0. The quantitative estimate of drug-likeness (QED) is 0.308. The van der Waals surface area contributed by atoms with Gasteiger partial charge in [0.1, 0.15) is 11.5 Å². The summed E-state index contributed by atoms with van der Waals surface area (Å²) in [4.78, 5) is 24.1. The van der Waals surface area contributed by atoms with Gasteiger partial charge < -0.3 is 14.8 Å². The number of hydrogen-bond acceptors (Lipinski definition) is 5. The minimum Gasteiger partial charge on any atom is -0.466 e. The van der Waals surface area contributed by atoms with Crippen LogP contribution in [0.25, 0.3) is 0 Å². The zero-order valence-electron chi connectivity index (χ0n) is 17.1. The van der Waals surface area contributed by atoms with Crippen molar-refractivity contribution in [2.75, 3.05) is 11.9 Å². The van der Waals surface area contributed by atoms with Gasteiger partial charge in [-0.25, -0.2) is 10.2 Å². The Bertz CT molecular complexity index is 1020. The molecular weight excluding hydrogens is 394 g/mol. The van der Waals surface area contributed by atoms with Crippen LogP contribution in [0, 0.1) is 0 Å². The van der Waals surface area contributed by atoms with Crippen LogP contribution < -0.4 is 15.5 Å². The average Bonchev–Trinajstić information content (AvgIpc) is 2.79. The van der Waals surface area contributed by atoms with E-state index in [2.05, 4.69) is 15.8 Å². The molecule has 3 aromatic rings. The standard InChI is InChI=1S/C24H23N3O4/c1-2-30-23(28)17-22(18-9-5-3-6-10-18)26-27-24(29)25-19-13-15-21(16-14-19)31-20-11-7-4-8-12-20/h3-16H,2,17H2,1H3,(H2,25,27,29)/b26-22-. The largest absolute Gasteiger partial charge is 0.466 e. The van der Waals surface area contributed by atoms with E-state index in [-0.39, 0.29) is 13.0 Å². The summed E-state index contributed by atoms with van der Waals surface area (Å²) in [5.41, 5.74) is 4.12. The third-order valence-corrected chi connectivity index (χ3v) is 4.11. The number of benzene rings is 3. The van der Waals surface area contributed by atoms with Crippen molar-refractivity contribution in [3.63, 3.8) is 0 Å². The maximum atomic E-state index is 12.3. The Morgan fingerprint density at radius 3 is 2.10 bits per heavy atom. The lowest BCUT2D eigenvalue weighted by Gasteiger charge is -2.09. The summed E-state index contributed by atoms with van der Waals surface area (Å²) in [5, 5.41) is 6.80. The molecule has 7 nitrogen and oxygen atoms in total. The van der Waals surface area contributed by atoms with Crippen molar-refractivity contribution >= 4 is 23.4 Å². The minimum atomic E-state index is -0.533. The van der Waals surface area contributed by atoms with Crippen molar-refractivity contribution in [1.82, 2.24) is 5.43 Å². The number of hydrogen-bond donors (Lipinski definition) is 2. The summed E-state index contributed by atoms with van der Waals surface area (Å²) in [6.45, 7) is 2.01. The number of nitrogens with one attached hydrogen (secondary N) is 2. The van der Waals surface area contributed by atoms with E-state index in [1.54, 1.807) is 31.2 Å². The molecule has 0 radical (unpaired) electrons. The van der Waals surface area contributed by atoms with Gasteiger partial charge >= 0.3 is 12.0 Å². The van der Waals surface area contributed by atoms with Crippen molar-refractivity contribution in [2.45, 2.75) is 13.3 Å². The fourth-order valence-corrected chi connectivity index (χ4v) is 2.69. The van der Waals surface area contributed by atoms with E-state index in [0.29, 0.717) is 17.1 Å². The van der Waals surface area contributed by atoms with Crippen LogP contribution in [-0.2, 0) is 9.53 Å². The number of amides is 2. The van der Waals surface area contributed by atoms with E-state index in [9.17, 15) is 9.59 Å². The number of carbonyl (C=O) groups excluding carboxylic acids is 2. The molecule has 0 aliphatic rings. The molecular formula is C24H23N3O4. The molecule has 31 heavy (non-hydrogen) atoms. The predicted octanol–water partition coefficient (Wildman–Crippen LogP) is 4.96. The Hall–Kier alpha value is -4.13. The summed E-state index contributed by atoms with van der Waals surface area (Å²) in [6, 6.07) is 25.0. The number of anilines is 1. The Kier molecular flexibility index (Phi) is 7.77. The van der Waals surface area contributed by atoms with Crippen LogP contribution in [0.1, 0.15) is 18.9 Å². The lowest BCUT2D eigenvalue weighted by molar-refractivity contribution is -0.141. The first-order valence-corrected chi connectivity index (χ1v) is 9.81. The number of hydrazone groups is 1. The molecule has 0 fully saturated rings. The molecule has 7 heteroatoms. The second kappa shape index (κ2) is 11.2.